The first-order valence-electron chi connectivity index (χ1n) is 9.58. The van der Waals surface area contributed by atoms with E-state index < -0.39 is 0 Å². The summed E-state index contributed by atoms with van der Waals surface area (Å²) in [4.78, 5) is 4.09. The van der Waals surface area contributed by atoms with Crippen molar-refractivity contribution >= 4 is 11.9 Å². The van der Waals surface area contributed by atoms with Crippen molar-refractivity contribution in [1.82, 2.24) is 9.21 Å². The van der Waals surface area contributed by atoms with Crippen LogP contribution in [0, 0.1) is 18.3 Å². The van der Waals surface area contributed by atoms with E-state index in [0.717, 1.165) is 18.6 Å². The van der Waals surface area contributed by atoms with Crippen molar-refractivity contribution in [3.8, 4) is 12.3 Å². The number of piperidine rings is 2. The average Bonchev–Trinajstić information content (AvgIpc) is 2.67. The van der Waals surface area contributed by atoms with Gasteiger partial charge in [-0.15, -0.1) is 6.42 Å². The molecule has 0 radical (unpaired) electrons. The van der Waals surface area contributed by atoms with E-state index in [1.807, 2.05) is 11.9 Å². The summed E-state index contributed by atoms with van der Waals surface area (Å²) in [6.45, 7) is 6.20. The Hall–Kier alpha value is -0.990. The molecule has 25 heavy (non-hydrogen) atoms. The molecule has 1 aromatic carbocycles. The van der Waals surface area contributed by atoms with E-state index in [0.29, 0.717) is 6.61 Å². The zero-order valence-electron chi connectivity index (χ0n) is 15.1. The molecule has 0 amide bonds. The van der Waals surface area contributed by atoms with Gasteiger partial charge in [0.25, 0.3) is 0 Å². The second-order valence-corrected chi connectivity index (χ2v) is 8.26. The molecule has 2 aliphatic rings. The molecule has 4 heteroatoms. The second kappa shape index (κ2) is 10.2. The van der Waals surface area contributed by atoms with Gasteiger partial charge in [-0.25, -0.2) is 4.31 Å². The summed E-state index contributed by atoms with van der Waals surface area (Å²) in [5.41, 5.74) is 0. The molecule has 0 atom stereocenters. The topological polar surface area (TPSA) is 15.7 Å². The lowest BCUT2D eigenvalue weighted by Gasteiger charge is -2.41. The van der Waals surface area contributed by atoms with Crippen LogP contribution in [0.1, 0.15) is 32.1 Å². The molecule has 0 unspecified atom stereocenters. The highest BCUT2D eigenvalue weighted by Crippen LogP contribution is 2.30. The fraction of sp³-hybridized carbons (Fsp3) is 0.619. The normalized spacial score (nSPS) is 21.2. The third-order valence-electron chi connectivity index (χ3n) is 5.42. The van der Waals surface area contributed by atoms with E-state index in [-0.39, 0.29) is 0 Å². The molecule has 2 aliphatic heterocycles. The molecule has 3 rings (SSSR count). The first kappa shape index (κ1) is 18.8. The smallest absolute Gasteiger partial charge is 0.107 e. The highest BCUT2D eigenvalue weighted by atomic mass is 32.2. The van der Waals surface area contributed by atoms with Gasteiger partial charge in [-0.2, -0.15) is 0 Å². The fourth-order valence-corrected chi connectivity index (χ4v) is 4.89. The highest BCUT2D eigenvalue weighted by Gasteiger charge is 2.28. The second-order valence-electron chi connectivity index (χ2n) is 7.09. The Labute approximate surface area is 157 Å². The van der Waals surface area contributed by atoms with E-state index in [2.05, 4.69) is 45.5 Å². The van der Waals surface area contributed by atoms with Gasteiger partial charge in [-0.1, -0.05) is 24.1 Å². The van der Waals surface area contributed by atoms with Gasteiger partial charge < -0.3 is 9.64 Å². The van der Waals surface area contributed by atoms with Crippen molar-refractivity contribution in [3.05, 3.63) is 30.3 Å². The van der Waals surface area contributed by atoms with Crippen molar-refractivity contribution in [2.24, 2.45) is 5.92 Å². The third-order valence-corrected chi connectivity index (χ3v) is 6.53. The van der Waals surface area contributed by atoms with Gasteiger partial charge in [0.15, 0.2) is 0 Å². The number of hydrogen-bond donors (Lipinski definition) is 0. The van der Waals surface area contributed by atoms with Gasteiger partial charge in [-0.3, -0.25) is 0 Å². The van der Waals surface area contributed by atoms with E-state index in [4.69, 9.17) is 11.2 Å². The summed E-state index contributed by atoms with van der Waals surface area (Å²) in [6, 6.07) is 11.5. The van der Waals surface area contributed by atoms with E-state index in [1.54, 1.807) is 0 Å². The monoisotopic (exact) mass is 358 g/mol. The number of hydrogen-bond acceptors (Lipinski definition) is 4. The summed E-state index contributed by atoms with van der Waals surface area (Å²) in [6.07, 6.45) is 11.6. The molecule has 0 aromatic heterocycles. The summed E-state index contributed by atoms with van der Waals surface area (Å²) < 4.78 is 7.96. The predicted molar refractivity (Wildman–Crippen MR) is 105 cm³/mol. The van der Waals surface area contributed by atoms with Crippen LogP contribution in [-0.2, 0) is 4.74 Å². The molecule has 0 saturated carbocycles. The van der Waals surface area contributed by atoms with Crippen LogP contribution in [0.15, 0.2) is 35.2 Å². The van der Waals surface area contributed by atoms with Gasteiger partial charge >= 0.3 is 0 Å². The minimum atomic E-state index is 0.457. The number of nitrogens with zero attached hydrogens (tertiary/aromatic N) is 2. The van der Waals surface area contributed by atoms with Crippen LogP contribution in [0.2, 0.25) is 0 Å². The first-order valence-corrected chi connectivity index (χ1v) is 10.4. The molecule has 2 heterocycles. The van der Waals surface area contributed by atoms with Gasteiger partial charge in [0.05, 0.1) is 0 Å². The molecule has 136 valence electrons. The Kier molecular flexibility index (Phi) is 7.69. The minimum Gasteiger partial charge on any atom is -0.369 e. The van der Waals surface area contributed by atoms with Crippen molar-refractivity contribution in [2.75, 3.05) is 39.4 Å². The number of likely N-dealkylation sites (tertiary alicyclic amines) is 1. The summed E-state index contributed by atoms with van der Waals surface area (Å²) >= 11 is 1.91. The molecule has 3 nitrogen and oxygen atoms in total. The largest absolute Gasteiger partial charge is 0.369 e. The van der Waals surface area contributed by atoms with Crippen LogP contribution in [0.5, 0.6) is 0 Å². The lowest BCUT2D eigenvalue weighted by molar-refractivity contribution is 0.0819. The van der Waals surface area contributed by atoms with Crippen LogP contribution < -0.4 is 0 Å². The number of terminal acetylenes is 1. The zero-order chi connectivity index (χ0) is 17.3. The maximum atomic E-state index is 5.43. The Morgan fingerprint density at radius 2 is 1.76 bits per heavy atom. The molecule has 1 aromatic rings. The van der Waals surface area contributed by atoms with Crippen molar-refractivity contribution < 1.29 is 4.74 Å². The third kappa shape index (κ3) is 6.04. The molecular formula is C21H30N2OS. The number of benzene rings is 1. The Morgan fingerprint density at radius 3 is 2.44 bits per heavy atom. The average molecular weight is 359 g/mol. The van der Waals surface area contributed by atoms with Gasteiger partial charge in [0.1, 0.15) is 6.61 Å². The SMILES string of the molecule is C#CCOCCC1CCN(C2CCN(Sc3ccccc3)CC2)CC1. The van der Waals surface area contributed by atoms with Gasteiger partial charge in [0.2, 0.25) is 0 Å². The van der Waals surface area contributed by atoms with Crippen LogP contribution in [0.25, 0.3) is 0 Å². The Balaban J connectivity index is 1.33. The molecular weight excluding hydrogens is 328 g/mol. The fourth-order valence-electron chi connectivity index (χ4n) is 3.92. The van der Waals surface area contributed by atoms with E-state index in [9.17, 15) is 0 Å². The van der Waals surface area contributed by atoms with Crippen molar-refractivity contribution in [1.29, 1.82) is 0 Å². The van der Waals surface area contributed by atoms with E-state index >= 15 is 0 Å². The summed E-state index contributed by atoms with van der Waals surface area (Å²) in [5, 5.41) is 0. The van der Waals surface area contributed by atoms with E-state index in [1.165, 1.54) is 63.2 Å². The van der Waals surface area contributed by atoms with Crippen molar-refractivity contribution in [2.45, 2.75) is 43.0 Å². The highest BCUT2D eigenvalue weighted by molar-refractivity contribution is 7.97. The number of rotatable bonds is 7. The summed E-state index contributed by atoms with van der Waals surface area (Å²) in [7, 11) is 0. The van der Waals surface area contributed by atoms with Crippen molar-refractivity contribution in [3.63, 3.8) is 0 Å². The zero-order valence-corrected chi connectivity index (χ0v) is 15.9. The maximum Gasteiger partial charge on any atom is 0.107 e. The molecule has 0 bridgehead atoms. The van der Waals surface area contributed by atoms with Gasteiger partial charge in [0, 0.05) is 30.6 Å². The molecule has 0 spiro atoms. The minimum absolute atomic E-state index is 0.457. The summed E-state index contributed by atoms with van der Waals surface area (Å²) in [5.74, 6) is 3.36. The van der Waals surface area contributed by atoms with Crippen LogP contribution in [-0.4, -0.2) is 54.6 Å². The molecule has 0 N–H and O–H groups in total. The number of ether oxygens (including phenoxy) is 1. The Morgan fingerprint density at radius 1 is 1.04 bits per heavy atom. The molecule has 2 fully saturated rings. The van der Waals surface area contributed by atoms with Crippen LogP contribution in [0.3, 0.4) is 0 Å². The van der Waals surface area contributed by atoms with Crippen LogP contribution >= 0.6 is 11.9 Å². The lowest BCUT2D eigenvalue weighted by atomic mass is 9.91. The lowest BCUT2D eigenvalue weighted by Crippen LogP contribution is -2.46. The first-order chi connectivity index (χ1) is 12.3. The Bertz CT molecular complexity index is 529. The maximum absolute atomic E-state index is 5.43. The standard InChI is InChI=1S/C21H30N2OS/c1-2-17-24-18-12-19-8-13-22(14-9-19)20-10-15-23(16-11-20)25-21-6-4-3-5-7-21/h1,3-7,19-20H,8-18H2. The quantitative estimate of drug-likeness (QED) is 0.417. The molecule has 2 saturated heterocycles. The molecule has 0 aliphatic carbocycles. The van der Waals surface area contributed by atoms with Crippen LogP contribution in [0.4, 0.5) is 0 Å². The van der Waals surface area contributed by atoms with Gasteiger partial charge in [-0.05, 0) is 75.2 Å². The predicted octanol–water partition coefficient (Wildman–Crippen LogP) is 3.91.